The highest BCUT2D eigenvalue weighted by molar-refractivity contribution is 5.32. The van der Waals surface area contributed by atoms with Gasteiger partial charge in [0.25, 0.3) is 0 Å². The average molecular weight is 405 g/mol. The lowest BCUT2D eigenvalue weighted by Gasteiger charge is -2.37. The van der Waals surface area contributed by atoms with Gasteiger partial charge in [-0.3, -0.25) is 9.58 Å². The van der Waals surface area contributed by atoms with Gasteiger partial charge in [0.05, 0.1) is 43.4 Å². The van der Waals surface area contributed by atoms with Crippen LogP contribution in [0.1, 0.15) is 68.8 Å². The van der Waals surface area contributed by atoms with E-state index in [0.717, 1.165) is 46.0 Å². The molecule has 1 aliphatic carbocycles. The highest BCUT2D eigenvalue weighted by Crippen LogP contribution is 2.50. The minimum Gasteiger partial charge on any atom is -0.374 e. The molecular weight excluding hydrogens is 364 g/mol. The summed E-state index contributed by atoms with van der Waals surface area (Å²) in [4.78, 5) is 4.65. The smallest absolute Gasteiger partial charge is 0.0888 e. The molecule has 4 rings (SSSR count). The summed E-state index contributed by atoms with van der Waals surface area (Å²) in [5.41, 5.74) is 4.57. The largest absolute Gasteiger partial charge is 0.374 e. The van der Waals surface area contributed by atoms with Gasteiger partial charge in [-0.2, -0.15) is 5.10 Å². The molecule has 3 aliphatic rings. The van der Waals surface area contributed by atoms with Gasteiger partial charge in [-0.25, -0.2) is 0 Å². The summed E-state index contributed by atoms with van der Waals surface area (Å²) in [7, 11) is 6.48. The first-order valence-electron chi connectivity index (χ1n) is 11.4. The van der Waals surface area contributed by atoms with Crippen molar-refractivity contribution in [2.24, 2.45) is 5.41 Å². The number of ether oxygens (including phenoxy) is 2. The minimum absolute atomic E-state index is 0.131. The first kappa shape index (κ1) is 21.3. The molecule has 1 saturated heterocycles. The Kier molecular flexibility index (Phi) is 6.09. The van der Waals surface area contributed by atoms with Gasteiger partial charge in [0, 0.05) is 25.2 Å². The molecule has 3 heterocycles. The topological polar surface area (TPSA) is 42.8 Å². The van der Waals surface area contributed by atoms with Crippen LogP contribution < -0.4 is 0 Å². The molecule has 0 aromatic carbocycles. The second-order valence-corrected chi connectivity index (χ2v) is 10.7. The fourth-order valence-corrected chi connectivity index (χ4v) is 5.59. The first-order valence-corrected chi connectivity index (χ1v) is 11.4. The maximum absolute atomic E-state index is 6.37. The number of hydrogen-bond acceptors (Lipinski definition) is 5. The standard InChI is InChI=1S/C23H40N4O2/c1-22(2)16-23(29-17-22)8-6-18(7-9-23)21-19(14-26(5)11-10-25(3)4)24-27-12-13-28-15-20(21)27/h18H,6-17H2,1-5H3. The lowest BCUT2D eigenvalue weighted by Crippen LogP contribution is -2.34. The molecular formula is C23H40N4O2. The Bertz CT molecular complexity index is 704. The zero-order valence-corrected chi connectivity index (χ0v) is 19.2. The van der Waals surface area contributed by atoms with Crippen LogP contribution in [0.15, 0.2) is 0 Å². The predicted molar refractivity (Wildman–Crippen MR) is 115 cm³/mol. The van der Waals surface area contributed by atoms with Gasteiger partial charge >= 0.3 is 0 Å². The van der Waals surface area contributed by atoms with E-state index in [1.807, 2.05) is 0 Å². The molecule has 0 N–H and O–H groups in total. The second kappa shape index (κ2) is 8.29. The van der Waals surface area contributed by atoms with Gasteiger partial charge in [-0.1, -0.05) is 13.8 Å². The van der Waals surface area contributed by atoms with Crippen molar-refractivity contribution in [3.8, 4) is 0 Å². The molecule has 1 saturated carbocycles. The molecule has 0 atom stereocenters. The number of fused-ring (bicyclic) bond motifs is 1. The predicted octanol–water partition coefficient (Wildman–Crippen LogP) is 3.25. The van der Waals surface area contributed by atoms with Crippen molar-refractivity contribution in [2.75, 3.05) is 47.4 Å². The van der Waals surface area contributed by atoms with E-state index < -0.39 is 0 Å². The van der Waals surface area contributed by atoms with Crippen molar-refractivity contribution in [1.29, 1.82) is 0 Å². The summed E-state index contributed by atoms with van der Waals surface area (Å²) >= 11 is 0. The molecule has 2 fully saturated rings. The van der Waals surface area contributed by atoms with Crippen LogP contribution in [0.25, 0.3) is 0 Å². The van der Waals surface area contributed by atoms with Crippen LogP contribution >= 0.6 is 0 Å². The molecule has 0 unspecified atom stereocenters. The van der Waals surface area contributed by atoms with Crippen molar-refractivity contribution in [3.63, 3.8) is 0 Å². The minimum atomic E-state index is 0.131. The van der Waals surface area contributed by atoms with Gasteiger partial charge in [-0.05, 0) is 64.6 Å². The Balaban J connectivity index is 1.50. The molecule has 29 heavy (non-hydrogen) atoms. The van der Waals surface area contributed by atoms with E-state index in [0.29, 0.717) is 11.3 Å². The molecule has 1 aromatic rings. The van der Waals surface area contributed by atoms with Gasteiger partial charge in [-0.15, -0.1) is 0 Å². The van der Waals surface area contributed by atoms with E-state index in [9.17, 15) is 0 Å². The summed E-state index contributed by atoms with van der Waals surface area (Å²) < 4.78 is 14.4. The third-order valence-electron chi connectivity index (χ3n) is 7.08. The van der Waals surface area contributed by atoms with Crippen LogP contribution in [0.2, 0.25) is 0 Å². The third-order valence-corrected chi connectivity index (χ3v) is 7.08. The number of nitrogens with zero attached hydrogens (tertiary/aromatic N) is 4. The van der Waals surface area contributed by atoms with Crippen molar-refractivity contribution < 1.29 is 9.47 Å². The number of rotatable bonds is 6. The second-order valence-electron chi connectivity index (χ2n) is 10.7. The summed E-state index contributed by atoms with van der Waals surface area (Å²) in [5.74, 6) is 0.593. The van der Waals surface area contributed by atoms with Crippen LogP contribution in [0.4, 0.5) is 0 Å². The Morgan fingerprint density at radius 1 is 1.14 bits per heavy atom. The van der Waals surface area contributed by atoms with E-state index in [1.165, 1.54) is 49.1 Å². The van der Waals surface area contributed by atoms with E-state index in [2.05, 4.69) is 49.5 Å². The van der Waals surface area contributed by atoms with E-state index in [1.54, 1.807) is 0 Å². The molecule has 2 aliphatic heterocycles. The summed E-state index contributed by atoms with van der Waals surface area (Å²) in [5, 5.41) is 5.06. The van der Waals surface area contributed by atoms with Crippen LogP contribution in [0.3, 0.4) is 0 Å². The van der Waals surface area contributed by atoms with Crippen molar-refractivity contribution in [1.82, 2.24) is 19.6 Å². The quantitative estimate of drug-likeness (QED) is 0.728. The summed E-state index contributed by atoms with van der Waals surface area (Å²) in [6, 6.07) is 0. The van der Waals surface area contributed by atoms with Gasteiger partial charge in [0.2, 0.25) is 0 Å². The monoisotopic (exact) mass is 404 g/mol. The average Bonchev–Trinajstić information content (AvgIpc) is 3.17. The number of aromatic nitrogens is 2. The summed E-state index contributed by atoms with van der Waals surface area (Å²) in [6.45, 7) is 11.0. The van der Waals surface area contributed by atoms with E-state index >= 15 is 0 Å². The molecule has 6 nitrogen and oxygen atoms in total. The van der Waals surface area contributed by atoms with Crippen molar-refractivity contribution >= 4 is 0 Å². The summed E-state index contributed by atoms with van der Waals surface area (Å²) in [6.07, 6.45) is 6.00. The molecule has 0 bridgehead atoms. The van der Waals surface area contributed by atoms with Crippen molar-refractivity contribution in [3.05, 3.63) is 17.0 Å². The van der Waals surface area contributed by atoms with Crippen LogP contribution in [-0.4, -0.2) is 72.6 Å². The first-order chi connectivity index (χ1) is 13.8. The van der Waals surface area contributed by atoms with Gasteiger partial charge in [0.1, 0.15) is 0 Å². The number of likely N-dealkylation sites (N-methyl/N-ethyl adjacent to an activating group) is 2. The zero-order chi connectivity index (χ0) is 20.6. The lowest BCUT2D eigenvalue weighted by molar-refractivity contribution is -0.0296. The van der Waals surface area contributed by atoms with E-state index in [-0.39, 0.29) is 5.60 Å². The fraction of sp³-hybridized carbons (Fsp3) is 0.870. The molecule has 0 amide bonds. The zero-order valence-electron chi connectivity index (χ0n) is 19.2. The molecule has 164 valence electrons. The fourth-order valence-electron chi connectivity index (χ4n) is 5.59. The Labute approximate surface area is 176 Å². The lowest BCUT2D eigenvalue weighted by atomic mass is 9.71. The highest BCUT2D eigenvalue weighted by Gasteiger charge is 2.47. The van der Waals surface area contributed by atoms with Gasteiger partial charge < -0.3 is 14.4 Å². The van der Waals surface area contributed by atoms with Crippen LogP contribution in [-0.2, 0) is 29.2 Å². The van der Waals surface area contributed by atoms with Crippen LogP contribution in [0.5, 0.6) is 0 Å². The Hall–Kier alpha value is -0.950. The molecule has 0 radical (unpaired) electrons. The normalized spacial score (nSPS) is 29.1. The highest BCUT2D eigenvalue weighted by atomic mass is 16.5. The molecule has 1 spiro atoms. The maximum atomic E-state index is 6.37. The van der Waals surface area contributed by atoms with Gasteiger partial charge in [0.15, 0.2) is 0 Å². The van der Waals surface area contributed by atoms with Crippen LogP contribution in [0, 0.1) is 5.41 Å². The maximum Gasteiger partial charge on any atom is 0.0888 e. The molecule has 6 heteroatoms. The number of hydrogen-bond donors (Lipinski definition) is 0. The Morgan fingerprint density at radius 3 is 2.55 bits per heavy atom. The Morgan fingerprint density at radius 2 is 1.90 bits per heavy atom. The van der Waals surface area contributed by atoms with Crippen molar-refractivity contribution in [2.45, 2.75) is 77.2 Å². The van der Waals surface area contributed by atoms with E-state index in [4.69, 9.17) is 14.6 Å². The third kappa shape index (κ3) is 4.71. The molecule has 1 aromatic heterocycles. The SMILES string of the molecule is CN(C)CCN(C)Cc1nn2c(c1C1CCC3(CC1)CC(C)(C)CO3)COCC2.